The van der Waals surface area contributed by atoms with Crippen molar-refractivity contribution in [2.24, 2.45) is 11.7 Å². The summed E-state index contributed by atoms with van der Waals surface area (Å²) >= 11 is 0. The average molecular weight is 213 g/mol. The van der Waals surface area contributed by atoms with Gasteiger partial charge in [-0.2, -0.15) is 0 Å². The Morgan fingerprint density at radius 2 is 2.33 bits per heavy atom. The third kappa shape index (κ3) is 4.18. The maximum absolute atomic E-state index is 11.5. The SMILES string of the molecule is CC(C)[C@@H](N)C(=O)NCC[C@H]1CCCN1. The van der Waals surface area contributed by atoms with E-state index in [4.69, 9.17) is 5.73 Å². The van der Waals surface area contributed by atoms with Gasteiger partial charge in [-0.05, 0) is 31.7 Å². The Labute approximate surface area is 92.0 Å². The van der Waals surface area contributed by atoms with Gasteiger partial charge in [0.25, 0.3) is 0 Å². The molecule has 1 fully saturated rings. The normalized spacial score (nSPS) is 23.1. The fourth-order valence-corrected chi connectivity index (χ4v) is 1.79. The highest BCUT2D eigenvalue weighted by Crippen LogP contribution is 2.07. The van der Waals surface area contributed by atoms with Crippen LogP contribution in [-0.4, -0.2) is 31.1 Å². The molecule has 1 amide bonds. The van der Waals surface area contributed by atoms with E-state index < -0.39 is 0 Å². The number of amides is 1. The van der Waals surface area contributed by atoms with Crippen LogP contribution in [0.5, 0.6) is 0 Å². The van der Waals surface area contributed by atoms with Gasteiger partial charge in [0.15, 0.2) is 0 Å². The van der Waals surface area contributed by atoms with Crippen molar-refractivity contribution < 1.29 is 4.79 Å². The Bertz CT molecular complexity index is 200. The smallest absolute Gasteiger partial charge is 0.237 e. The van der Waals surface area contributed by atoms with E-state index in [-0.39, 0.29) is 17.9 Å². The van der Waals surface area contributed by atoms with Crippen molar-refractivity contribution in [1.82, 2.24) is 10.6 Å². The maximum atomic E-state index is 11.5. The second kappa shape index (κ2) is 6.08. The van der Waals surface area contributed by atoms with Gasteiger partial charge in [-0.1, -0.05) is 13.8 Å². The number of rotatable bonds is 5. The molecule has 1 saturated heterocycles. The van der Waals surface area contributed by atoms with E-state index in [0.29, 0.717) is 6.04 Å². The highest BCUT2D eigenvalue weighted by molar-refractivity contribution is 5.81. The molecule has 4 nitrogen and oxygen atoms in total. The summed E-state index contributed by atoms with van der Waals surface area (Å²) in [5.41, 5.74) is 5.73. The molecule has 0 saturated carbocycles. The quantitative estimate of drug-likeness (QED) is 0.612. The van der Waals surface area contributed by atoms with Crippen LogP contribution in [-0.2, 0) is 4.79 Å². The lowest BCUT2D eigenvalue weighted by molar-refractivity contribution is -0.123. The van der Waals surface area contributed by atoms with Crippen molar-refractivity contribution in [3.05, 3.63) is 0 Å². The van der Waals surface area contributed by atoms with Gasteiger partial charge >= 0.3 is 0 Å². The first-order chi connectivity index (χ1) is 7.11. The van der Waals surface area contributed by atoms with Crippen molar-refractivity contribution >= 4 is 5.91 Å². The Balaban J connectivity index is 2.11. The van der Waals surface area contributed by atoms with Gasteiger partial charge in [0.05, 0.1) is 6.04 Å². The Morgan fingerprint density at radius 3 is 2.87 bits per heavy atom. The molecule has 0 aromatic carbocycles. The van der Waals surface area contributed by atoms with Crippen molar-refractivity contribution in [2.75, 3.05) is 13.1 Å². The van der Waals surface area contributed by atoms with Gasteiger partial charge < -0.3 is 16.4 Å². The Hall–Kier alpha value is -0.610. The number of hydrogen-bond acceptors (Lipinski definition) is 3. The van der Waals surface area contributed by atoms with Gasteiger partial charge in [0.2, 0.25) is 5.91 Å². The first-order valence-corrected chi connectivity index (χ1v) is 5.88. The van der Waals surface area contributed by atoms with Crippen LogP contribution < -0.4 is 16.4 Å². The molecule has 0 bridgehead atoms. The lowest BCUT2D eigenvalue weighted by atomic mass is 10.0. The zero-order chi connectivity index (χ0) is 11.3. The molecule has 0 aromatic heterocycles. The molecule has 1 heterocycles. The van der Waals surface area contributed by atoms with Crippen molar-refractivity contribution in [2.45, 2.75) is 45.2 Å². The van der Waals surface area contributed by atoms with Crippen molar-refractivity contribution in [1.29, 1.82) is 0 Å². The van der Waals surface area contributed by atoms with Crippen molar-refractivity contribution in [3.63, 3.8) is 0 Å². The van der Waals surface area contributed by atoms with Gasteiger partial charge in [-0.25, -0.2) is 0 Å². The van der Waals surface area contributed by atoms with Crippen LogP contribution in [0.1, 0.15) is 33.1 Å². The highest BCUT2D eigenvalue weighted by Gasteiger charge is 2.18. The van der Waals surface area contributed by atoms with Crippen LogP contribution in [0.15, 0.2) is 0 Å². The van der Waals surface area contributed by atoms with Crippen LogP contribution in [0.4, 0.5) is 0 Å². The first kappa shape index (κ1) is 12.5. The van der Waals surface area contributed by atoms with Crippen molar-refractivity contribution in [3.8, 4) is 0 Å². The number of nitrogens with two attached hydrogens (primary N) is 1. The highest BCUT2D eigenvalue weighted by atomic mass is 16.2. The predicted molar refractivity (Wildman–Crippen MR) is 61.5 cm³/mol. The minimum absolute atomic E-state index is 0.0250. The minimum atomic E-state index is -0.374. The monoisotopic (exact) mass is 213 g/mol. The first-order valence-electron chi connectivity index (χ1n) is 5.88. The summed E-state index contributed by atoms with van der Waals surface area (Å²) in [7, 11) is 0. The number of carbonyl (C=O) groups excluding carboxylic acids is 1. The molecular weight excluding hydrogens is 190 g/mol. The summed E-state index contributed by atoms with van der Waals surface area (Å²) < 4.78 is 0. The number of nitrogens with one attached hydrogen (secondary N) is 2. The maximum Gasteiger partial charge on any atom is 0.237 e. The van der Waals surface area contributed by atoms with E-state index in [1.54, 1.807) is 0 Å². The van der Waals surface area contributed by atoms with Crippen LogP contribution in [0.3, 0.4) is 0 Å². The average Bonchev–Trinajstić information content (AvgIpc) is 2.69. The van der Waals surface area contributed by atoms with E-state index in [9.17, 15) is 4.79 Å². The van der Waals surface area contributed by atoms with Gasteiger partial charge in [0, 0.05) is 12.6 Å². The fourth-order valence-electron chi connectivity index (χ4n) is 1.79. The molecule has 88 valence electrons. The third-order valence-corrected chi connectivity index (χ3v) is 2.98. The molecule has 0 aliphatic carbocycles. The van der Waals surface area contributed by atoms with Crippen LogP contribution >= 0.6 is 0 Å². The zero-order valence-electron chi connectivity index (χ0n) is 9.75. The lowest BCUT2D eigenvalue weighted by Gasteiger charge is -2.16. The number of carbonyl (C=O) groups is 1. The molecule has 0 aromatic rings. The minimum Gasteiger partial charge on any atom is -0.355 e. The van der Waals surface area contributed by atoms with E-state index in [1.165, 1.54) is 12.8 Å². The summed E-state index contributed by atoms with van der Waals surface area (Å²) in [6.45, 7) is 5.77. The standard InChI is InChI=1S/C11H23N3O/c1-8(2)10(12)11(15)14-7-5-9-4-3-6-13-9/h8-10,13H,3-7,12H2,1-2H3,(H,14,15)/t9-,10-/m1/s1. The summed E-state index contributed by atoms with van der Waals surface area (Å²) in [6.07, 6.45) is 3.49. The molecule has 2 atom stereocenters. The second-order valence-corrected chi connectivity index (χ2v) is 4.64. The van der Waals surface area contributed by atoms with Gasteiger partial charge in [0.1, 0.15) is 0 Å². The van der Waals surface area contributed by atoms with E-state index >= 15 is 0 Å². The Morgan fingerprint density at radius 1 is 1.60 bits per heavy atom. The molecule has 1 rings (SSSR count). The lowest BCUT2D eigenvalue weighted by Crippen LogP contribution is -2.44. The summed E-state index contributed by atoms with van der Waals surface area (Å²) in [6, 6.07) is 0.210. The van der Waals surface area contributed by atoms with Crippen LogP contribution in [0.25, 0.3) is 0 Å². The van der Waals surface area contributed by atoms with Crippen LogP contribution in [0, 0.1) is 5.92 Å². The van der Waals surface area contributed by atoms with E-state index in [2.05, 4.69) is 10.6 Å². The molecule has 1 aliphatic rings. The third-order valence-electron chi connectivity index (χ3n) is 2.98. The van der Waals surface area contributed by atoms with Gasteiger partial charge in [-0.15, -0.1) is 0 Å². The molecule has 1 aliphatic heterocycles. The largest absolute Gasteiger partial charge is 0.355 e. The van der Waals surface area contributed by atoms with Crippen LogP contribution in [0.2, 0.25) is 0 Å². The summed E-state index contributed by atoms with van der Waals surface area (Å²) in [5, 5.41) is 6.29. The zero-order valence-corrected chi connectivity index (χ0v) is 9.75. The van der Waals surface area contributed by atoms with E-state index in [0.717, 1.165) is 19.5 Å². The second-order valence-electron chi connectivity index (χ2n) is 4.64. The topological polar surface area (TPSA) is 67.2 Å². The van der Waals surface area contributed by atoms with Gasteiger partial charge in [-0.3, -0.25) is 4.79 Å². The Kier molecular flexibility index (Phi) is 5.05. The predicted octanol–water partition coefficient (Wildman–Crippen LogP) is 0.228. The fraction of sp³-hybridized carbons (Fsp3) is 0.909. The summed E-state index contributed by atoms with van der Waals surface area (Å²) in [5.74, 6) is 0.178. The molecule has 0 radical (unpaired) electrons. The molecule has 0 unspecified atom stereocenters. The molecule has 15 heavy (non-hydrogen) atoms. The molecular formula is C11H23N3O. The molecule has 4 N–H and O–H groups in total. The molecule has 0 spiro atoms. The van der Waals surface area contributed by atoms with E-state index in [1.807, 2.05) is 13.8 Å². The summed E-state index contributed by atoms with van der Waals surface area (Å²) in [4.78, 5) is 11.5. The number of hydrogen-bond donors (Lipinski definition) is 3. The molecule has 4 heteroatoms.